The highest BCUT2D eigenvalue weighted by Gasteiger charge is 1.85. The maximum atomic E-state index is 3.93. The molecule has 0 N–H and O–H groups in total. The molecule has 1 rings (SSSR count). The van der Waals surface area contributed by atoms with E-state index in [2.05, 4.69) is 11.0 Å². The Morgan fingerprint density at radius 3 is 3.25 bits per heavy atom. The number of hydrogen-bond donors (Lipinski definition) is 0. The molecule has 1 aromatic rings. The number of rotatable bonds is 2. The van der Waals surface area contributed by atoms with Crippen molar-refractivity contribution in [2.45, 2.75) is 6.42 Å². The maximum absolute atomic E-state index is 3.93. The summed E-state index contributed by atoms with van der Waals surface area (Å²) in [7, 11) is 0. The van der Waals surface area contributed by atoms with Gasteiger partial charge in [-0.15, -0.1) is 6.58 Å². The SMILES string of the molecule is C=CCc1cnsc1. The molecule has 2 heteroatoms. The van der Waals surface area contributed by atoms with Crippen molar-refractivity contribution in [1.29, 1.82) is 0 Å². The van der Waals surface area contributed by atoms with Crippen molar-refractivity contribution >= 4 is 11.5 Å². The average Bonchev–Trinajstić information content (AvgIpc) is 2.19. The lowest BCUT2D eigenvalue weighted by molar-refractivity contribution is 1.28. The Balaban J connectivity index is 2.62. The van der Waals surface area contributed by atoms with Crippen molar-refractivity contribution in [3.8, 4) is 0 Å². The summed E-state index contributed by atoms with van der Waals surface area (Å²) in [5.74, 6) is 0. The molecule has 8 heavy (non-hydrogen) atoms. The Hall–Kier alpha value is -0.630. The molecule has 0 aliphatic carbocycles. The zero-order valence-electron chi connectivity index (χ0n) is 4.50. The molecule has 0 saturated carbocycles. The summed E-state index contributed by atoms with van der Waals surface area (Å²) in [5.41, 5.74) is 1.25. The summed E-state index contributed by atoms with van der Waals surface area (Å²) in [4.78, 5) is 0. The monoisotopic (exact) mass is 125 g/mol. The first-order valence-corrected chi connectivity index (χ1v) is 3.26. The standard InChI is InChI=1S/C6H7NS/c1-2-3-6-4-7-8-5-6/h2,4-5H,1,3H2. The zero-order chi connectivity index (χ0) is 5.82. The molecule has 1 nitrogen and oxygen atoms in total. The molecule has 0 aliphatic rings. The van der Waals surface area contributed by atoms with Gasteiger partial charge < -0.3 is 0 Å². The predicted molar refractivity (Wildman–Crippen MR) is 36.0 cm³/mol. The van der Waals surface area contributed by atoms with Crippen LogP contribution in [-0.2, 0) is 6.42 Å². The van der Waals surface area contributed by atoms with Gasteiger partial charge in [-0.25, -0.2) is 4.37 Å². The minimum absolute atomic E-state index is 0.941. The normalized spacial score (nSPS) is 9.00. The van der Waals surface area contributed by atoms with Crippen molar-refractivity contribution in [3.63, 3.8) is 0 Å². The molecule has 0 amide bonds. The van der Waals surface area contributed by atoms with Gasteiger partial charge in [-0.3, -0.25) is 0 Å². The Kier molecular flexibility index (Phi) is 1.80. The van der Waals surface area contributed by atoms with Crippen LogP contribution in [0.5, 0.6) is 0 Å². The zero-order valence-corrected chi connectivity index (χ0v) is 5.32. The molecule has 0 unspecified atom stereocenters. The third kappa shape index (κ3) is 1.17. The molecular weight excluding hydrogens is 118 g/mol. The lowest BCUT2D eigenvalue weighted by Gasteiger charge is -1.79. The number of aromatic nitrogens is 1. The van der Waals surface area contributed by atoms with Crippen LogP contribution in [-0.4, -0.2) is 4.37 Å². The molecule has 1 aromatic heterocycles. The van der Waals surface area contributed by atoms with Crippen LogP contribution in [0, 0.1) is 0 Å². The van der Waals surface area contributed by atoms with Crippen LogP contribution in [0.3, 0.4) is 0 Å². The number of nitrogens with zero attached hydrogens (tertiary/aromatic N) is 1. The lowest BCUT2D eigenvalue weighted by Crippen LogP contribution is -1.70. The van der Waals surface area contributed by atoms with Crippen molar-refractivity contribution in [1.82, 2.24) is 4.37 Å². The van der Waals surface area contributed by atoms with Crippen molar-refractivity contribution < 1.29 is 0 Å². The molecule has 0 spiro atoms. The third-order valence-corrected chi connectivity index (χ3v) is 1.50. The van der Waals surface area contributed by atoms with Gasteiger partial charge >= 0.3 is 0 Å². The average molecular weight is 125 g/mol. The van der Waals surface area contributed by atoms with Gasteiger partial charge in [0.15, 0.2) is 0 Å². The summed E-state index contributed by atoms with van der Waals surface area (Å²) in [6.45, 7) is 3.61. The highest BCUT2D eigenvalue weighted by Crippen LogP contribution is 2.01. The maximum Gasteiger partial charge on any atom is 0.0442 e. The van der Waals surface area contributed by atoms with Crippen LogP contribution < -0.4 is 0 Å². The summed E-state index contributed by atoms with van der Waals surface area (Å²) < 4.78 is 3.93. The predicted octanol–water partition coefficient (Wildman–Crippen LogP) is 1.87. The van der Waals surface area contributed by atoms with Gasteiger partial charge in [0.1, 0.15) is 0 Å². The summed E-state index contributed by atoms with van der Waals surface area (Å²) in [6, 6.07) is 0. The topological polar surface area (TPSA) is 12.9 Å². The van der Waals surface area contributed by atoms with Crippen LogP contribution in [0.4, 0.5) is 0 Å². The molecule has 0 bridgehead atoms. The van der Waals surface area contributed by atoms with E-state index in [0.29, 0.717) is 0 Å². The van der Waals surface area contributed by atoms with Crippen LogP contribution in [0.15, 0.2) is 24.2 Å². The van der Waals surface area contributed by atoms with Crippen LogP contribution in [0.1, 0.15) is 5.56 Å². The van der Waals surface area contributed by atoms with Crippen LogP contribution in [0.25, 0.3) is 0 Å². The largest absolute Gasteiger partial charge is 0.201 e. The van der Waals surface area contributed by atoms with Gasteiger partial charge in [0.25, 0.3) is 0 Å². The second-order valence-corrected chi connectivity index (χ2v) is 2.18. The summed E-state index contributed by atoms with van der Waals surface area (Å²) >= 11 is 1.48. The quantitative estimate of drug-likeness (QED) is 0.550. The molecule has 0 atom stereocenters. The number of hydrogen-bond acceptors (Lipinski definition) is 2. The second kappa shape index (κ2) is 2.62. The Labute approximate surface area is 52.8 Å². The van der Waals surface area contributed by atoms with E-state index in [0.717, 1.165) is 6.42 Å². The fourth-order valence-electron chi connectivity index (χ4n) is 0.494. The summed E-state index contributed by atoms with van der Waals surface area (Å²) in [6.07, 6.45) is 4.69. The Morgan fingerprint density at radius 1 is 1.88 bits per heavy atom. The van der Waals surface area contributed by atoms with Gasteiger partial charge in [-0.2, -0.15) is 0 Å². The molecule has 0 radical (unpaired) electrons. The van der Waals surface area contributed by atoms with E-state index in [1.165, 1.54) is 17.1 Å². The minimum Gasteiger partial charge on any atom is -0.201 e. The highest BCUT2D eigenvalue weighted by molar-refractivity contribution is 7.03. The van der Waals surface area contributed by atoms with E-state index in [4.69, 9.17) is 0 Å². The Bertz CT molecular complexity index is 155. The molecule has 0 aromatic carbocycles. The first-order chi connectivity index (χ1) is 3.93. The fraction of sp³-hybridized carbons (Fsp3) is 0.167. The first-order valence-electron chi connectivity index (χ1n) is 2.42. The fourth-order valence-corrected chi connectivity index (χ4v) is 1.04. The van der Waals surface area contributed by atoms with E-state index in [-0.39, 0.29) is 0 Å². The smallest absolute Gasteiger partial charge is 0.0442 e. The molecule has 42 valence electrons. The van der Waals surface area contributed by atoms with Gasteiger partial charge in [0.2, 0.25) is 0 Å². The van der Waals surface area contributed by atoms with Crippen molar-refractivity contribution in [2.24, 2.45) is 0 Å². The summed E-state index contributed by atoms with van der Waals surface area (Å²) in [5, 5.41) is 2.03. The molecule has 0 aliphatic heterocycles. The highest BCUT2D eigenvalue weighted by atomic mass is 32.1. The van der Waals surface area contributed by atoms with E-state index in [1.54, 1.807) is 0 Å². The van der Waals surface area contributed by atoms with Gasteiger partial charge in [0, 0.05) is 11.6 Å². The molecule has 0 fully saturated rings. The minimum atomic E-state index is 0.941. The lowest BCUT2D eigenvalue weighted by atomic mass is 10.3. The molecular formula is C6H7NS. The van der Waals surface area contributed by atoms with Crippen LogP contribution in [0.2, 0.25) is 0 Å². The third-order valence-electron chi connectivity index (χ3n) is 0.864. The van der Waals surface area contributed by atoms with Crippen molar-refractivity contribution in [3.05, 3.63) is 29.8 Å². The van der Waals surface area contributed by atoms with Gasteiger partial charge in [-0.05, 0) is 23.5 Å². The van der Waals surface area contributed by atoms with Gasteiger partial charge in [-0.1, -0.05) is 6.08 Å². The van der Waals surface area contributed by atoms with E-state index in [9.17, 15) is 0 Å². The van der Waals surface area contributed by atoms with Gasteiger partial charge in [0.05, 0.1) is 0 Å². The molecule has 1 heterocycles. The van der Waals surface area contributed by atoms with Crippen LogP contribution >= 0.6 is 11.5 Å². The van der Waals surface area contributed by atoms with E-state index >= 15 is 0 Å². The first kappa shape index (κ1) is 5.51. The van der Waals surface area contributed by atoms with E-state index < -0.39 is 0 Å². The second-order valence-electron chi connectivity index (χ2n) is 1.53. The Morgan fingerprint density at radius 2 is 2.75 bits per heavy atom. The number of allylic oxidation sites excluding steroid dienone is 1. The van der Waals surface area contributed by atoms with Crippen molar-refractivity contribution in [2.75, 3.05) is 0 Å². The van der Waals surface area contributed by atoms with E-state index in [1.807, 2.05) is 17.7 Å². The molecule has 0 saturated heterocycles.